The summed E-state index contributed by atoms with van der Waals surface area (Å²) in [7, 11) is 0. The Morgan fingerprint density at radius 1 is 1.17 bits per heavy atom. The Morgan fingerprint density at radius 3 is 2.59 bits per heavy atom. The molecule has 152 valence electrons. The molecular formula is C23H26FN3O2. The second kappa shape index (κ2) is 8.31. The van der Waals surface area contributed by atoms with Crippen LogP contribution in [0.15, 0.2) is 48.7 Å². The minimum atomic E-state index is -0.570. The summed E-state index contributed by atoms with van der Waals surface area (Å²) in [5, 5.41) is 0. The Hall–Kier alpha value is -2.76. The van der Waals surface area contributed by atoms with Crippen LogP contribution in [0.25, 0.3) is 0 Å². The first-order valence-corrected chi connectivity index (χ1v) is 10.3. The number of piperidine rings is 1. The Kier molecular flexibility index (Phi) is 5.60. The Balaban J connectivity index is 1.67. The van der Waals surface area contributed by atoms with Crippen LogP contribution in [-0.4, -0.2) is 39.2 Å². The quantitative estimate of drug-likeness (QED) is 0.749. The van der Waals surface area contributed by atoms with E-state index in [0.717, 1.165) is 18.5 Å². The normalized spacial score (nSPS) is 21.9. The van der Waals surface area contributed by atoms with Gasteiger partial charge in [0.2, 0.25) is 11.8 Å². The molecule has 2 atom stereocenters. The highest BCUT2D eigenvalue weighted by molar-refractivity contribution is 5.85. The lowest BCUT2D eigenvalue weighted by Crippen LogP contribution is -2.49. The van der Waals surface area contributed by atoms with E-state index >= 15 is 0 Å². The van der Waals surface area contributed by atoms with Crippen molar-refractivity contribution in [1.82, 2.24) is 14.8 Å². The average molecular weight is 395 g/mol. The van der Waals surface area contributed by atoms with E-state index in [-0.39, 0.29) is 23.7 Å². The van der Waals surface area contributed by atoms with Crippen molar-refractivity contribution in [2.75, 3.05) is 6.54 Å². The largest absolute Gasteiger partial charge is 0.335 e. The van der Waals surface area contributed by atoms with Gasteiger partial charge >= 0.3 is 0 Å². The van der Waals surface area contributed by atoms with Crippen LogP contribution in [-0.2, 0) is 16.1 Å². The van der Waals surface area contributed by atoms with Crippen LogP contribution in [0.4, 0.5) is 4.39 Å². The summed E-state index contributed by atoms with van der Waals surface area (Å²) in [6.07, 6.45) is 4.44. The van der Waals surface area contributed by atoms with Gasteiger partial charge in [-0.1, -0.05) is 24.3 Å². The van der Waals surface area contributed by atoms with Crippen molar-refractivity contribution in [2.24, 2.45) is 5.92 Å². The number of carbonyl (C=O) groups excluding carboxylic acids is 2. The van der Waals surface area contributed by atoms with Crippen LogP contribution >= 0.6 is 0 Å². The van der Waals surface area contributed by atoms with Crippen molar-refractivity contribution in [3.63, 3.8) is 0 Å². The molecule has 0 spiro atoms. The van der Waals surface area contributed by atoms with Gasteiger partial charge in [0.1, 0.15) is 5.82 Å². The van der Waals surface area contributed by atoms with Gasteiger partial charge < -0.3 is 9.80 Å². The highest BCUT2D eigenvalue weighted by atomic mass is 19.1. The molecular weight excluding hydrogens is 369 g/mol. The van der Waals surface area contributed by atoms with E-state index in [0.29, 0.717) is 31.5 Å². The molecule has 2 heterocycles. The monoisotopic (exact) mass is 395 g/mol. The number of aromatic nitrogens is 1. The standard InChI is InChI=1S/C23H26FN3O2/c1-2-26-21(28)13-12-19(22(26)18-8-3-4-9-20(18)24)23(29)27(17-10-11-17)15-16-7-5-6-14-25-16/h3-9,14,17,19,22H,2,10-13,15H2,1H3/t19-,22+/m1/s1. The van der Waals surface area contributed by atoms with Crippen LogP contribution < -0.4 is 0 Å². The maximum Gasteiger partial charge on any atom is 0.228 e. The van der Waals surface area contributed by atoms with Crippen molar-refractivity contribution in [3.8, 4) is 0 Å². The molecule has 0 unspecified atom stereocenters. The Morgan fingerprint density at radius 2 is 1.93 bits per heavy atom. The van der Waals surface area contributed by atoms with E-state index in [4.69, 9.17) is 0 Å². The van der Waals surface area contributed by atoms with Crippen molar-refractivity contribution in [1.29, 1.82) is 0 Å². The molecule has 0 radical (unpaired) electrons. The smallest absolute Gasteiger partial charge is 0.228 e. The molecule has 4 rings (SSSR count). The molecule has 1 saturated carbocycles. The highest BCUT2D eigenvalue weighted by Crippen LogP contribution is 2.40. The maximum absolute atomic E-state index is 14.7. The number of halogens is 1. The lowest BCUT2D eigenvalue weighted by molar-refractivity contribution is -0.148. The predicted molar refractivity (Wildman–Crippen MR) is 107 cm³/mol. The SMILES string of the molecule is CCN1C(=O)CC[C@@H](C(=O)N(Cc2ccccn2)C2CC2)[C@@H]1c1ccccc1F. The molecule has 29 heavy (non-hydrogen) atoms. The summed E-state index contributed by atoms with van der Waals surface area (Å²) in [5.41, 5.74) is 1.27. The van der Waals surface area contributed by atoms with Gasteiger partial charge in [-0.25, -0.2) is 4.39 Å². The van der Waals surface area contributed by atoms with E-state index in [2.05, 4.69) is 4.98 Å². The van der Waals surface area contributed by atoms with Crippen LogP contribution in [0, 0.1) is 11.7 Å². The fraction of sp³-hybridized carbons (Fsp3) is 0.435. The number of likely N-dealkylation sites (tertiary alicyclic amines) is 1. The van der Waals surface area contributed by atoms with E-state index in [1.807, 2.05) is 30.0 Å². The third-order valence-corrected chi connectivity index (χ3v) is 5.92. The second-order valence-corrected chi connectivity index (χ2v) is 7.81. The van der Waals surface area contributed by atoms with Crippen LogP contribution in [0.5, 0.6) is 0 Å². The van der Waals surface area contributed by atoms with Gasteiger partial charge in [0.25, 0.3) is 0 Å². The van der Waals surface area contributed by atoms with E-state index in [1.165, 1.54) is 6.07 Å². The van der Waals surface area contributed by atoms with E-state index in [1.54, 1.807) is 29.3 Å². The average Bonchev–Trinajstić information content (AvgIpc) is 3.58. The topological polar surface area (TPSA) is 53.5 Å². The molecule has 0 N–H and O–H groups in total. The lowest BCUT2D eigenvalue weighted by Gasteiger charge is -2.42. The van der Waals surface area contributed by atoms with Gasteiger partial charge in [0.15, 0.2) is 0 Å². The van der Waals surface area contributed by atoms with Crippen molar-refractivity contribution >= 4 is 11.8 Å². The molecule has 6 heteroatoms. The van der Waals surface area contributed by atoms with E-state index < -0.39 is 12.0 Å². The molecule has 1 aromatic carbocycles. The molecule has 1 saturated heterocycles. The molecule has 1 aliphatic heterocycles. The minimum Gasteiger partial charge on any atom is -0.335 e. The number of amides is 2. The Labute approximate surface area is 170 Å². The van der Waals surface area contributed by atoms with Gasteiger partial charge in [-0.2, -0.15) is 0 Å². The van der Waals surface area contributed by atoms with Crippen LogP contribution in [0.3, 0.4) is 0 Å². The minimum absolute atomic E-state index is 0.00245. The van der Waals surface area contributed by atoms with Gasteiger partial charge in [-0.15, -0.1) is 0 Å². The van der Waals surface area contributed by atoms with Gasteiger partial charge in [-0.3, -0.25) is 14.6 Å². The van der Waals surface area contributed by atoms with Crippen molar-refractivity contribution in [2.45, 2.75) is 51.2 Å². The summed E-state index contributed by atoms with van der Waals surface area (Å²) in [4.78, 5) is 34.2. The van der Waals surface area contributed by atoms with Crippen molar-refractivity contribution < 1.29 is 14.0 Å². The third kappa shape index (κ3) is 4.02. The number of benzene rings is 1. The summed E-state index contributed by atoms with van der Waals surface area (Å²) >= 11 is 0. The number of hydrogen-bond acceptors (Lipinski definition) is 3. The first-order valence-electron chi connectivity index (χ1n) is 10.3. The number of rotatable bonds is 6. The third-order valence-electron chi connectivity index (χ3n) is 5.92. The highest BCUT2D eigenvalue weighted by Gasteiger charge is 2.45. The fourth-order valence-electron chi connectivity index (χ4n) is 4.34. The summed E-state index contributed by atoms with van der Waals surface area (Å²) in [5.74, 6) is -0.843. The molecule has 5 nitrogen and oxygen atoms in total. The van der Waals surface area contributed by atoms with Gasteiger partial charge in [-0.05, 0) is 44.4 Å². The molecule has 2 amide bonds. The number of hydrogen-bond donors (Lipinski definition) is 0. The van der Waals surface area contributed by atoms with Crippen LogP contribution in [0.2, 0.25) is 0 Å². The Bertz CT molecular complexity index is 885. The summed E-state index contributed by atoms with van der Waals surface area (Å²) < 4.78 is 14.7. The predicted octanol–water partition coefficient (Wildman–Crippen LogP) is 3.71. The zero-order chi connectivity index (χ0) is 20.4. The molecule has 0 bridgehead atoms. The van der Waals surface area contributed by atoms with Crippen LogP contribution in [0.1, 0.15) is 49.9 Å². The second-order valence-electron chi connectivity index (χ2n) is 7.81. The van der Waals surface area contributed by atoms with Gasteiger partial charge in [0, 0.05) is 30.8 Å². The molecule has 1 aromatic heterocycles. The fourth-order valence-corrected chi connectivity index (χ4v) is 4.34. The lowest BCUT2D eigenvalue weighted by atomic mass is 9.83. The molecule has 2 fully saturated rings. The van der Waals surface area contributed by atoms with Crippen molar-refractivity contribution in [3.05, 3.63) is 65.7 Å². The zero-order valence-corrected chi connectivity index (χ0v) is 16.6. The zero-order valence-electron chi connectivity index (χ0n) is 16.6. The number of carbonyl (C=O) groups is 2. The first-order chi connectivity index (χ1) is 14.1. The first kappa shape index (κ1) is 19.6. The van der Waals surface area contributed by atoms with Gasteiger partial charge in [0.05, 0.1) is 24.2 Å². The number of pyridine rings is 1. The van der Waals surface area contributed by atoms with E-state index in [9.17, 15) is 14.0 Å². The summed E-state index contributed by atoms with van der Waals surface area (Å²) in [6, 6.07) is 11.8. The maximum atomic E-state index is 14.7. The summed E-state index contributed by atoms with van der Waals surface area (Å²) in [6.45, 7) is 2.78. The molecule has 2 aromatic rings. The molecule has 1 aliphatic carbocycles. The number of nitrogens with zero attached hydrogens (tertiary/aromatic N) is 3. The molecule has 2 aliphatic rings.